The smallest absolute Gasteiger partial charge is 0.312 e. The molecule has 4 nitrogen and oxygen atoms in total. The van der Waals surface area contributed by atoms with E-state index in [1.807, 2.05) is 6.92 Å². The predicted molar refractivity (Wildman–Crippen MR) is 46.3 cm³/mol. The summed E-state index contributed by atoms with van der Waals surface area (Å²) in [6.07, 6.45) is 0.818. The molecule has 1 saturated carbocycles. The summed E-state index contributed by atoms with van der Waals surface area (Å²) in [7, 11) is 0. The second kappa shape index (κ2) is 3.27. The summed E-state index contributed by atoms with van der Waals surface area (Å²) in [5.41, 5.74) is -0.218. The zero-order valence-electron chi connectivity index (χ0n) is 7.84. The van der Waals surface area contributed by atoms with Gasteiger partial charge in [-0.05, 0) is 13.3 Å². The van der Waals surface area contributed by atoms with E-state index in [-0.39, 0.29) is 17.5 Å². The van der Waals surface area contributed by atoms with E-state index in [4.69, 9.17) is 9.47 Å². The molecule has 0 bridgehead atoms. The highest BCUT2D eigenvalue weighted by molar-refractivity contribution is 5.78. The van der Waals surface area contributed by atoms with E-state index in [0.717, 1.165) is 19.5 Å². The van der Waals surface area contributed by atoms with Crippen LogP contribution in [0.15, 0.2) is 0 Å². The van der Waals surface area contributed by atoms with Crippen LogP contribution < -0.4 is 5.32 Å². The minimum absolute atomic E-state index is 0.0275. The maximum atomic E-state index is 11.3. The fourth-order valence-electron chi connectivity index (χ4n) is 1.86. The molecule has 2 fully saturated rings. The topological polar surface area (TPSA) is 47.6 Å². The number of rotatable bonds is 2. The van der Waals surface area contributed by atoms with Gasteiger partial charge < -0.3 is 14.8 Å². The second-order valence-electron chi connectivity index (χ2n) is 3.60. The van der Waals surface area contributed by atoms with Crippen LogP contribution in [0.1, 0.15) is 13.3 Å². The maximum absolute atomic E-state index is 11.3. The van der Waals surface area contributed by atoms with Gasteiger partial charge in [-0.1, -0.05) is 0 Å². The molecule has 4 heteroatoms. The lowest BCUT2D eigenvalue weighted by Crippen LogP contribution is -2.42. The van der Waals surface area contributed by atoms with Crippen LogP contribution in [-0.4, -0.2) is 37.9 Å². The van der Waals surface area contributed by atoms with Gasteiger partial charge in [-0.15, -0.1) is 0 Å². The summed E-state index contributed by atoms with van der Waals surface area (Å²) >= 11 is 0. The van der Waals surface area contributed by atoms with E-state index < -0.39 is 0 Å². The van der Waals surface area contributed by atoms with Crippen LogP contribution in [0.25, 0.3) is 0 Å². The molecule has 2 aliphatic rings. The standard InChI is InChI=1S/C9H15NO3/c1-2-12-8(11)7-5-9(7)6-10-3-4-13-9/h7,10H,2-6H2,1H3. The van der Waals surface area contributed by atoms with Crippen LogP contribution >= 0.6 is 0 Å². The number of morpholine rings is 1. The molecule has 13 heavy (non-hydrogen) atoms. The second-order valence-corrected chi connectivity index (χ2v) is 3.60. The Morgan fingerprint density at radius 2 is 2.62 bits per heavy atom. The molecule has 0 amide bonds. The molecule has 0 aromatic heterocycles. The van der Waals surface area contributed by atoms with Crippen molar-refractivity contribution in [1.82, 2.24) is 5.32 Å². The first-order valence-corrected chi connectivity index (χ1v) is 4.80. The van der Waals surface area contributed by atoms with Crippen molar-refractivity contribution < 1.29 is 14.3 Å². The van der Waals surface area contributed by atoms with Gasteiger partial charge in [0.25, 0.3) is 0 Å². The number of nitrogens with one attached hydrogen (secondary N) is 1. The predicted octanol–water partition coefficient (Wildman–Crippen LogP) is -0.0720. The summed E-state index contributed by atoms with van der Waals surface area (Å²) in [4.78, 5) is 11.3. The van der Waals surface area contributed by atoms with Crippen LogP contribution in [0.5, 0.6) is 0 Å². The molecular weight excluding hydrogens is 170 g/mol. The molecule has 2 rings (SSSR count). The van der Waals surface area contributed by atoms with Crippen molar-refractivity contribution in [1.29, 1.82) is 0 Å². The fraction of sp³-hybridized carbons (Fsp3) is 0.889. The minimum atomic E-state index is -0.218. The number of carbonyl (C=O) groups is 1. The van der Waals surface area contributed by atoms with E-state index in [9.17, 15) is 4.79 Å². The molecule has 2 atom stereocenters. The van der Waals surface area contributed by atoms with Crippen LogP contribution in [0, 0.1) is 5.92 Å². The van der Waals surface area contributed by atoms with Crippen LogP contribution in [-0.2, 0) is 14.3 Å². The van der Waals surface area contributed by atoms with Gasteiger partial charge in [0.2, 0.25) is 0 Å². The molecule has 1 heterocycles. The number of carbonyl (C=O) groups excluding carboxylic acids is 1. The Bertz CT molecular complexity index is 211. The van der Waals surface area contributed by atoms with Crippen LogP contribution in [0.3, 0.4) is 0 Å². The van der Waals surface area contributed by atoms with Gasteiger partial charge in [0, 0.05) is 13.1 Å². The van der Waals surface area contributed by atoms with Gasteiger partial charge in [0.1, 0.15) is 0 Å². The lowest BCUT2D eigenvalue weighted by molar-refractivity contribution is -0.147. The third kappa shape index (κ3) is 1.56. The van der Waals surface area contributed by atoms with Crippen molar-refractivity contribution in [3.63, 3.8) is 0 Å². The van der Waals surface area contributed by atoms with Crippen molar-refractivity contribution in [2.24, 2.45) is 5.92 Å². The van der Waals surface area contributed by atoms with Crippen molar-refractivity contribution in [3.05, 3.63) is 0 Å². The van der Waals surface area contributed by atoms with Crippen LogP contribution in [0.4, 0.5) is 0 Å². The van der Waals surface area contributed by atoms with Crippen molar-refractivity contribution >= 4 is 5.97 Å². The molecule has 1 spiro atoms. The zero-order chi connectivity index (χ0) is 9.31. The van der Waals surface area contributed by atoms with Gasteiger partial charge in [0.15, 0.2) is 0 Å². The maximum Gasteiger partial charge on any atom is 0.312 e. The molecule has 0 aromatic carbocycles. The zero-order valence-corrected chi connectivity index (χ0v) is 7.84. The molecule has 0 radical (unpaired) electrons. The first-order valence-electron chi connectivity index (χ1n) is 4.80. The van der Waals surface area contributed by atoms with E-state index in [1.165, 1.54) is 0 Å². The molecule has 0 aromatic rings. The molecule has 1 aliphatic carbocycles. The average molecular weight is 185 g/mol. The largest absolute Gasteiger partial charge is 0.466 e. The first-order chi connectivity index (χ1) is 6.28. The molecule has 1 N–H and O–H groups in total. The highest BCUT2D eigenvalue weighted by Gasteiger charge is 2.61. The third-order valence-electron chi connectivity index (χ3n) is 2.69. The SMILES string of the molecule is CCOC(=O)C1CC12CNCCO2. The molecule has 1 aliphatic heterocycles. The Balaban J connectivity index is 1.88. The summed E-state index contributed by atoms with van der Waals surface area (Å²) in [5, 5.41) is 3.23. The van der Waals surface area contributed by atoms with Crippen LogP contribution in [0.2, 0.25) is 0 Å². The number of esters is 1. The van der Waals surface area contributed by atoms with E-state index in [0.29, 0.717) is 13.2 Å². The van der Waals surface area contributed by atoms with Crippen molar-refractivity contribution in [2.45, 2.75) is 18.9 Å². The first kappa shape index (κ1) is 8.97. The Kier molecular flexibility index (Phi) is 2.26. The highest BCUT2D eigenvalue weighted by Crippen LogP contribution is 2.48. The highest BCUT2D eigenvalue weighted by atomic mass is 16.5. The normalized spacial score (nSPS) is 37.5. The minimum Gasteiger partial charge on any atom is -0.466 e. The Labute approximate surface area is 77.6 Å². The quantitative estimate of drug-likeness (QED) is 0.612. The van der Waals surface area contributed by atoms with E-state index in [2.05, 4.69) is 5.32 Å². The number of ether oxygens (including phenoxy) is 2. The number of hydrogen-bond donors (Lipinski definition) is 1. The van der Waals surface area contributed by atoms with Gasteiger partial charge in [-0.2, -0.15) is 0 Å². The molecule has 1 saturated heterocycles. The van der Waals surface area contributed by atoms with E-state index >= 15 is 0 Å². The molecule has 2 unspecified atom stereocenters. The summed E-state index contributed by atoms with van der Waals surface area (Å²) in [6, 6.07) is 0. The summed E-state index contributed by atoms with van der Waals surface area (Å²) in [5.74, 6) is -0.133. The van der Waals surface area contributed by atoms with Gasteiger partial charge in [0.05, 0.1) is 24.7 Å². The lowest BCUT2D eigenvalue weighted by Gasteiger charge is -2.24. The van der Waals surface area contributed by atoms with Crippen molar-refractivity contribution in [2.75, 3.05) is 26.3 Å². The Morgan fingerprint density at radius 3 is 3.23 bits per heavy atom. The van der Waals surface area contributed by atoms with Crippen molar-refractivity contribution in [3.8, 4) is 0 Å². The average Bonchev–Trinajstić information content (AvgIpc) is 2.81. The van der Waals surface area contributed by atoms with Gasteiger partial charge >= 0.3 is 5.97 Å². The lowest BCUT2D eigenvalue weighted by atomic mass is 10.2. The summed E-state index contributed by atoms with van der Waals surface area (Å²) in [6.45, 7) is 4.66. The monoisotopic (exact) mass is 185 g/mol. The van der Waals surface area contributed by atoms with Gasteiger partial charge in [-0.25, -0.2) is 0 Å². The summed E-state index contributed by atoms with van der Waals surface area (Å²) < 4.78 is 10.5. The third-order valence-corrected chi connectivity index (χ3v) is 2.69. The Hall–Kier alpha value is -0.610. The molecule has 74 valence electrons. The van der Waals surface area contributed by atoms with Gasteiger partial charge in [-0.3, -0.25) is 4.79 Å². The van der Waals surface area contributed by atoms with E-state index in [1.54, 1.807) is 0 Å². The number of hydrogen-bond acceptors (Lipinski definition) is 4. The Morgan fingerprint density at radius 1 is 1.77 bits per heavy atom. The molecular formula is C9H15NO3. The fourth-order valence-corrected chi connectivity index (χ4v) is 1.86.